The van der Waals surface area contributed by atoms with Gasteiger partial charge in [0.05, 0.1) is 6.26 Å². The molecular weight excluding hydrogens is 312 g/mol. The Labute approximate surface area is 139 Å². The van der Waals surface area contributed by atoms with Crippen LogP contribution in [0.1, 0.15) is 23.9 Å². The van der Waals surface area contributed by atoms with Crippen molar-refractivity contribution >= 4 is 11.9 Å². The third kappa shape index (κ3) is 5.44. The zero-order valence-corrected chi connectivity index (χ0v) is 13.1. The number of hydrogen-bond donors (Lipinski definition) is 3. The molecule has 3 N–H and O–H groups in total. The van der Waals surface area contributed by atoms with Gasteiger partial charge < -0.3 is 24.5 Å². The summed E-state index contributed by atoms with van der Waals surface area (Å²) in [6.45, 7) is 2.14. The minimum atomic E-state index is -1.26. The minimum Gasteiger partial charge on any atom is -0.478 e. The molecule has 1 unspecified atom stereocenters. The average molecular weight is 332 g/mol. The second-order valence-electron chi connectivity index (χ2n) is 5.26. The maximum Gasteiger partial charge on any atom is 0.328 e. The van der Waals surface area contributed by atoms with Gasteiger partial charge in [0.2, 0.25) is 0 Å². The number of rotatable bonds is 5. The lowest BCUT2D eigenvalue weighted by Gasteiger charge is -2.26. The molecule has 2 aromatic rings. The van der Waals surface area contributed by atoms with E-state index in [0.29, 0.717) is 18.2 Å². The normalized spacial score (nSPS) is 16.2. The molecule has 1 aliphatic rings. The maximum atomic E-state index is 9.55. The summed E-state index contributed by atoms with van der Waals surface area (Å²) < 4.78 is 7.70. The molecule has 0 amide bonds. The van der Waals surface area contributed by atoms with E-state index < -0.39 is 11.9 Å². The molecule has 0 spiro atoms. The Morgan fingerprint density at radius 3 is 2.62 bits per heavy atom. The second kappa shape index (κ2) is 8.73. The molecule has 0 aromatic carbocycles. The van der Waals surface area contributed by atoms with Crippen molar-refractivity contribution < 1.29 is 24.2 Å². The Bertz CT molecular complexity index is 672. The molecule has 0 aliphatic carbocycles. The van der Waals surface area contributed by atoms with E-state index in [1.165, 1.54) is 5.69 Å². The van der Waals surface area contributed by atoms with Crippen molar-refractivity contribution in [2.24, 2.45) is 0 Å². The fraction of sp³-hybridized carbons (Fsp3) is 0.294. The highest BCUT2D eigenvalue weighted by atomic mass is 16.4. The fourth-order valence-corrected chi connectivity index (χ4v) is 2.55. The van der Waals surface area contributed by atoms with Crippen molar-refractivity contribution in [1.82, 2.24) is 9.88 Å². The molecule has 7 heteroatoms. The Balaban J connectivity index is 0.000000224. The molecule has 0 saturated carbocycles. The highest BCUT2D eigenvalue weighted by Crippen LogP contribution is 2.22. The van der Waals surface area contributed by atoms with E-state index in [-0.39, 0.29) is 0 Å². The van der Waals surface area contributed by atoms with Gasteiger partial charge >= 0.3 is 11.9 Å². The smallest absolute Gasteiger partial charge is 0.328 e. The van der Waals surface area contributed by atoms with Crippen LogP contribution < -0.4 is 5.32 Å². The number of aromatic nitrogens is 1. The highest BCUT2D eigenvalue weighted by Gasteiger charge is 2.18. The fourth-order valence-electron chi connectivity index (χ4n) is 2.55. The molecule has 2 aromatic heterocycles. The summed E-state index contributed by atoms with van der Waals surface area (Å²) >= 11 is 0. The zero-order chi connectivity index (χ0) is 17.4. The number of furan rings is 1. The van der Waals surface area contributed by atoms with Crippen LogP contribution in [0.15, 0.2) is 53.3 Å². The van der Waals surface area contributed by atoms with E-state index in [2.05, 4.69) is 28.2 Å². The van der Waals surface area contributed by atoms with Gasteiger partial charge in [0.1, 0.15) is 5.76 Å². The number of aryl methyl sites for hydroxylation is 1. The van der Waals surface area contributed by atoms with Crippen molar-refractivity contribution in [3.63, 3.8) is 0 Å². The van der Waals surface area contributed by atoms with Gasteiger partial charge in [0.25, 0.3) is 0 Å². The number of carboxylic acids is 2. The van der Waals surface area contributed by atoms with Crippen molar-refractivity contribution in [3.05, 3.63) is 60.3 Å². The second-order valence-corrected chi connectivity index (χ2v) is 5.26. The summed E-state index contributed by atoms with van der Waals surface area (Å²) in [5.74, 6) is -1.44. The first-order chi connectivity index (χ1) is 11.6. The van der Waals surface area contributed by atoms with Crippen LogP contribution in [-0.4, -0.2) is 33.3 Å². The molecule has 0 saturated heterocycles. The van der Waals surface area contributed by atoms with Crippen LogP contribution >= 0.6 is 0 Å². The van der Waals surface area contributed by atoms with Crippen molar-refractivity contribution in [2.75, 3.05) is 6.54 Å². The summed E-state index contributed by atoms with van der Waals surface area (Å²) in [6, 6.07) is 8.80. The van der Waals surface area contributed by atoms with E-state index in [1.807, 2.05) is 12.1 Å². The van der Waals surface area contributed by atoms with Gasteiger partial charge in [-0.25, -0.2) is 9.59 Å². The van der Waals surface area contributed by atoms with E-state index >= 15 is 0 Å². The average Bonchev–Trinajstić information content (AvgIpc) is 3.22. The third-order valence-electron chi connectivity index (χ3n) is 3.59. The van der Waals surface area contributed by atoms with Crippen molar-refractivity contribution in [2.45, 2.75) is 25.4 Å². The van der Waals surface area contributed by atoms with E-state index in [9.17, 15) is 9.59 Å². The topological polar surface area (TPSA) is 105 Å². The monoisotopic (exact) mass is 332 g/mol. The van der Waals surface area contributed by atoms with Crippen molar-refractivity contribution in [1.29, 1.82) is 0 Å². The number of fused-ring (bicyclic) bond motifs is 1. The van der Waals surface area contributed by atoms with Crippen LogP contribution in [-0.2, 0) is 22.6 Å². The number of hydrogen-bond acceptors (Lipinski definition) is 4. The Morgan fingerprint density at radius 1 is 1.25 bits per heavy atom. The molecule has 24 heavy (non-hydrogen) atoms. The van der Waals surface area contributed by atoms with Crippen LogP contribution in [0.2, 0.25) is 0 Å². The van der Waals surface area contributed by atoms with Gasteiger partial charge in [-0.05, 0) is 30.7 Å². The van der Waals surface area contributed by atoms with E-state index in [0.717, 1.165) is 31.7 Å². The van der Waals surface area contributed by atoms with E-state index in [1.54, 1.807) is 6.26 Å². The molecular formula is C17H20N2O5. The third-order valence-corrected chi connectivity index (χ3v) is 3.59. The lowest BCUT2D eigenvalue weighted by atomic mass is 10.1. The molecule has 3 rings (SSSR count). The molecule has 1 atom stereocenters. The Hall–Kier alpha value is -2.80. The molecule has 0 fully saturated rings. The number of nitrogens with one attached hydrogen (secondary N) is 1. The van der Waals surface area contributed by atoms with Crippen molar-refractivity contribution in [3.8, 4) is 0 Å². The van der Waals surface area contributed by atoms with Gasteiger partial charge in [-0.2, -0.15) is 0 Å². The van der Waals surface area contributed by atoms with Gasteiger partial charge in [0.15, 0.2) is 0 Å². The molecule has 3 heterocycles. The quantitative estimate of drug-likeness (QED) is 0.724. The number of nitrogens with zero attached hydrogens (tertiary/aromatic N) is 1. The van der Waals surface area contributed by atoms with Crippen LogP contribution in [0.5, 0.6) is 0 Å². The number of carboxylic acid groups (broad SMARTS) is 2. The first-order valence-corrected chi connectivity index (χ1v) is 7.61. The summed E-state index contributed by atoms with van der Waals surface area (Å²) in [6.07, 6.45) is 7.11. The number of carbonyl (C=O) groups is 2. The highest BCUT2D eigenvalue weighted by molar-refractivity contribution is 5.89. The molecule has 0 radical (unpaired) electrons. The van der Waals surface area contributed by atoms with E-state index in [4.69, 9.17) is 14.6 Å². The van der Waals surface area contributed by atoms with Gasteiger partial charge in [-0.15, -0.1) is 0 Å². The van der Waals surface area contributed by atoms with Crippen LogP contribution in [0, 0.1) is 0 Å². The predicted octanol–water partition coefficient (Wildman–Crippen LogP) is 2.07. The molecule has 1 aliphatic heterocycles. The predicted molar refractivity (Wildman–Crippen MR) is 86.6 cm³/mol. The lowest BCUT2D eigenvalue weighted by Crippen LogP contribution is -2.33. The first kappa shape index (κ1) is 17.6. The minimum absolute atomic E-state index is 0.467. The molecule has 0 bridgehead atoms. The zero-order valence-electron chi connectivity index (χ0n) is 13.1. The standard InChI is InChI=1S/C13H16N2O.C4H4O4/c1-4-13-12(14-7-9-15(13)8-1)6-5-11-3-2-10-16-11;5-3(6)1-2-4(7)8/h1-4,8,10,12,14H,5-7,9H2;1-2H,(H,5,6)(H,7,8). The largest absolute Gasteiger partial charge is 0.478 e. The summed E-state index contributed by atoms with van der Waals surface area (Å²) in [4.78, 5) is 19.1. The van der Waals surface area contributed by atoms with Crippen LogP contribution in [0.25, 0.3) is 0 Å². The SMILES string of the molecule is O=C(O)C=CC(=O)O.c1coc(CCC2NCCn3cccc32)c1. The maximum absolute atomic E-state index is 9.55. The molecule has 7 nitrogen and oxygen atoms in total. The first-order valence-electron chi connectivity index (χ1n) is 7.61. The van der Waals surface area contributed by atoms with Crippen LogP contribution in [0.4, 0.5) is 0 Å². The summed E-state index contributed by atoms with van der Waals surface area (Å²) in [5, 5.41) is 19.2. The summed E-state index contributed by atoms with van der Waals surface area (Å²) in [7, 11) is 0. The van der Waals surface area contributed by atoms with Gasteiger partial charge in [-0.3, -0.25) is 0 Å². The molecule has 128 valence electrons. The van der Waals surface area contributed by atoms with Gasteiger partial charge in [0, 0.05) is 49.6 Å². The van der Waals surface area contributed by atoms with Gasteiger partial charge in [-0.1, -0.05) is 0 Å². The van der Waals surface area contributed by atoms with Crippen LogP contribution in [0.3, 0.4) is 0 Å². The number of aliphatic carboxylic acids is 2. The summed E-state index contributed by atoms with van der Waals surface area (Å²) in [5.41, 5.74) is 1.40. The lowest BCUT2D eigenvalue weighted by molar-refractivity contribution is -0.134. The Morgan fingerprint density at radius 2 is 2.00 bits per heavy atom. The Kier molecular flexibility index (Phi) is 6.39.